The smallest absolute Gasteiger partial charge is 0.123 e. The van der Waals surface area contributed by atoms with E-state index in [-0.39, 0.29) is 11.9 Å². The van der Waals surface area contributed by atoms with E-state index in [0.717, 1.165) is 18.7 Å². The Morgan fingerprint density at radius 1 is 1.17 bits per heavy atom. The Morgan fingerprint density at radius 2 is 1.83 bits per heavy atom. The number of piperidine rings is 1. The number of halogens is 1. The Labute approximate surface area is 140 Å². The van der Waals surface area contributed by atoms with Crippen LogP contribution >= 0.6 is 0 Å². The minimum atomic E-state index is -1.07. The molecular formula is C19H21FN2O2. The molecule has 0 spiro atoms. The Balaban J connectivity index is 1.67. The van der Waals surface area contributed by atoms with Crippen molar-refractivity contribution in [2.24, 2.45) is 11.8 Å². The Morgan fingerprint density at radius 3 is 2.46 bits per heavy atom. The second-order valence-electron chi connectivity index (χ2n) is 7.21. The van der Waals surface area contributed by atoms with Gasteiger partial charge in [-0.25, -0.2) is 9.37 Å². The van der Waals surface area contributed by atoms with Gasteiger partial charge in [0, 0.05) is 42.6 Å². The van der Waals surface area contributed by atoms with Gasteiger partial charge in [-0.3, -0.25) is 0 Å². The average molecular weight is 328 g/mol. The molecule has 2 fully saturated rings. The number of rotatable bonds is 4. The summed E-state index contributed by atoms with van der Waals surface area (Å²) in [6, 6.07) is 9.85. The summed E-state index contributed by atoms with van der Waals surface area (Å²) in [5.74, 6) is 1.59. The number of aliphatic hydroxyl groups is 1. The molecule has 1 aromatic carbocycles. The maximum Gasteiger partial charge on any atom is 0.123 e. The lowest BCUT2D eigenvalue weighted by Gasteiger charge is -2.19. The number of nitrogens with zero attached hydrogens (tertiary/aromatic N) is 1. The van der Waals surface area contributed by atoms with E-state index in [4.69, 9.17) is 4.74 Å². The molecule has 3 atom stereocenters. The lowest BCUT2D eigenvalue weighted by Crippen LogP contribution is -2.21. The lowest BCUT2D eigenvalue weighted by atomic mass is 10.0. The van der Waals surface area contributed by atoms with Crippen LogP contribution in [0.5, 0.6) is 5.75 Å². The van der Waals surface area contributed by atoms with Gasteiger partial charge < -0.3 is 15.2 Å². The first kappa shape index (κ1) is 15.5. The number of aromatic nitrogens is 1. The number of hydrogen-bond donors (Lipinski definition) is 2. The highest BCUT2D eigenvalue weighted by molar-refractivity contribution is 5.61. The maximum atomic E-state index is 13.2. The molecule has 1 aromatic heterocycles. The third-order valence-corrected chi connectivity index (χ3v) is 4.85. The zero-order valence-electron chi connectivity index (χ0n) is 13.8. The summed E-state index contributed by atoms with van der Waals surface area (Å²) in [5, 5.41) is 13.7. The average Bonchev–Trinajstić information content (AvgIpc) is 2.95. The zero-order chi connectivity index (χ0) is 16.9. The number of hydrogen-bond acceptors (Lipinski definition) is 4. The van der Waals surface area contributed by atoms with Crippen LogP contribution in [0.15, 0.2) is 36.4 Å². The van der Waals surface area contributed by atoms with Gasteiger partial charge >= 0.3 is 0 Å². The van der Waals surface area contributed by atoms with Gasteiger partial charge in [0.1, 0.15) is 23.3 Å². The summed E-state index contributed by atoms with van der Waals surface area (Å²) in [4.78, 5) is 4.54. The molecule has 5 heteroatoms. The van der Waals surface area contributed by atoms with E-state index >= 15 is 0 Å². The predicted octanol–water partition coefficient (Wildman–Crippen LogP) is 2.71. The van der Waals surface area contributed by atoms with Crippen LogP contribution in [0.25, 0.3) is 11.3 Å². The van der Waals surface area contributed by atoms with E-state index in [1.54, 1.807) is 32.0 Å². The van der Waals surface area contributed by atoms with Crippen molar-refractivity contribution in [1.29, 1.82) is 0 Å². The number of pyridine rings is 1. The molecule has 1 saturated carbocycles. The molecule has 0 unspecified atom stereocenters. The minimum Gasteiger partial charge on any atom is -0.490 e. The van der Waals surface area contributed by atoms with Gasteiger partial charge in [0.25, 0.3) is 0 Å². The van der Waals surface area contributed by atoms with Gasteiger partial charge in [0.15, 0.2) is 0 Å². The van der Waals surface area contributed by atoms with Crippen molar-refractivity contribution < 1.29 is 14.2 Å². The Kier molecular flexibility index (Phi) is 3.58. The first-order valence-electron chi connectivity index (χ1n) is 8.30. The molecule has 4 rings (SSSR count). The molecule has 4 nitrogen and oxygen atoms in total. The normalized spacial score (nSPS) is 25.4. The Bertz CT molecular complexity index is 745. The van der Waals surface area contributed by atoms with Gasteiger partial charge in [0.05, 0.1) is 11.4 Å². The largest absolute Gasteiger partial charge is 0.490 e. The Hall–Kier alpha value is -1.98. The van der Waals surface area contributed by atoms with Gasteiger partial charge in [-0.1, -0.05) is 0 Å². The van der Waals surface area contributed by atoms with Crippen molar-refractivity contribution >= 4 is 0 Å². The molecule has 0 bridgehead atoms. The SMILES string of the molecule is CC(C)(O)c1cc(O[C@@H]2[C@@H]3CNC[C@@H]32)cc(-c2ccc(F)cc2)n1. The monoisotopic (exact) mass is 328 g/mol. The van der Waals surface area contributed by atoms with Crippen LogP contribution in [-0.4, -0.2) is 29.3 Å². The first-order valence-corrected chi connectivity index (χ1v) is 8.30. The molecule has 2 aliphatic rings. The molecule has 2 aromatic rings. The van der Waals surface area contributed by atoms with Crippen molar-refractivity contribution in [3.05, 3.63) is 47.9 Å². The fraction of sp³-hybridized carbons (Fsp3) is 0.421. The molecule has 2 N–H and O–H groups in total. The highest BCUT2D eigenvalue weighted by atomic mass is 19.1. The summed E-state index contributed by atoms with van der Waals surface area (Å²) in [5.41, 5.74) is 0.941. The highest BCUT2D eigenvalue weighted by Crippen LogP contribution is 2.45. The van der Waals surface area contributed by atoms with Crippen LogP contribution in [0, 0.1) is 17.7 Å². The fourth-order valence-electron chi connectivity index (χ4n) is 3.35. The van der Waals surface area contributed by atoms with E-state index in [0.29, 0.717) is 29.0 Å². The number of ether oxygens (including phenoxy) is 1. The minimum absolute atomic E-state index is 0.240. The molecule has 1 aliphatic carbocycles. The van der Waals surface area contributed by atoms with Crippen molar-refractivity contribution in [1.82, 2.24) is 10.3 Å². The van der Waals surface area contributed by atoms with E-state index < -0.39 is 5.60 Å². The van der Waals surface area contributed by atoms with Crippen LogP contribution in [0.3, 0.4) is 0 Å². The summed E-state index contributed by atoms with van der Waals surface area (Å²) >= 11 is 0. The highest BCUT2D eigenvalue weighted by Gasteiger charge is 2.55. The first-order chi connectivity index (χ1) is 11.4. The van der Waals surface area contributed by atoms with Crippen molar-refractivity contribution in [2.45, 2.75) is 25.6 Å². The summed E-state index contributed by atoms with van der Waals surface area (Å²) in [6.07, 6.45) is 0.240. The van der Waals surface area contributed by atoms with Crippen LogP contribution < -0.4 is 10.1 Å². The van der Waals surface area contributed by atoms with Crippen LogP contribution in [0.4, 0.5) is 4.39 Å². The zero-order valence-corrected chi connectivity index (χ0v) is 13.8. The number of benzene rings is 1. The standard InChI is InChI=1S/C19H21FN2O2/c1-19(2,23)17-8-13(24-18-14-9-21-10-15(14)18)7-16(22-17)11-3-5-12(20)6-4-11/h3-8,14-15,18,21,23H,9-10H2,1-2H3/t14-,15+,18-. The molecule has 1 saturated heterocycles. The maximum absolute atomic E-state index is 13.2. The molecule has 0 radical (unpaired) electrons. The molecule has 126 valence electrons. The third kappa shape index (κ3) is 2.89. The van der Waals surface area contributed by atoms with Gasteiger partial charge in [0.2, 0.25) is 0 Å². The predicted molar refractivity (Wildman–Crippen MR) is 89.1 cm³/mol. The van der Waals surface area contributed by atoms with Crippen molar-refractivity contribution in [2.75, 3.05) is 13.1 Å². The summed E-state index contributed by atoms with van der Waals surface area (Å²) in [7, 11) is 0. The fourth-order valence-corrected chi connectivity index (χ4v) is 3.35. The van der Waals surface area contributed by atoms with E-state index in [9.17, 15) is 9.50 Å². The molecule has 24 heavy (non-hydrogen) atoms. The second kappa shape index (κ2) is 5.53. The van der Waals surface area contributed by atoms with Crippen molar-refractivity contribution in [3.8, 4) is 17.0 Å². The number of fused-ring (bicyclic) bond motifs is 1. The number of nitrogens with one attached hydrogen (secondary N) is 1. The van der Waals surface area contributed by atoms with E-state index in [1.807, 2.05) is 6.07 Å². The molecular weight excluding hydrogens is 307 g/mol. The second-order valence-corrected chi connectivity index (χ2v) is 7.21. The van der Waals surface area contributed by atoms with Gasteiger partial charge in [-0.2, -0.15) is 0 Å². The summed E-state index contributed by atoms with van der Waals surface area (Å²) in [6.45, 7) is 5.40. The van der Waals surface area contributed by atoms with Crippen LogP contribution in [-0.2, 0) is 5.60 Å². The van der Waals surface area contributed by atoms with Crippen LogP contribution in [0.1, 0.15) is 19.5 Å². The van der Waals surface area contributed by atoms with Crippen molar-refractivity contribution in [3.63, 3.8) is 0 Å². The van der Waals surface area contributed by atoms with E-state index in [2.05, 4.69) is 10.3 Å². The van der Waals surface area contributed by atoms with Gasteiger partial charge in [-0.15, -0.1) is 0 Å². The molecule has 2 heterocycles. The third-order valence-electron chi connectivity index (χ3n) is 4.85. The quantitative estimate of drug-likeness (QED) is 0.906. The van der Waals surface area contributed by atoms with Gasteiger partial charge in [-0.05, 0) is 38.1 Å². The van der Waals surface area contributed by atoms with E-state index in [1.165, 1.54) is 12.1 Å². The van der Waals surface area contributed by atoms with Crippen LogP contribution in [0.2, 0.25) is 0 Å². The molecule has 1 aliphatic heterocycles. The summed E-state index contributed by atoms with van der Waals surface area (Å²) < 4.78 is 19.3. The topological polar surface area (TPSA) is 54.4 Å². The lowest BCUT2D eigenvalue weighted by molar-refractivity contribution is 0.0735. The molecule has 0 amide bonds.